The minimum absolute atomic E-state index is 0.553. The van der Waals surface area contributed by atoms with E-state index in [1.54, 1.807) is 6.08 Å². The van der Waals surface area contributed by atoms with Gasteiger partial charge in [-0.15, -0.1) is 6.58 Å². The molecule has 0 saturated heterocycles. The first-order chi connectivity index (χ1) is 7.22. The first-order valence-electron chi connectivity index (χ1n) is 4.24. The lowest BCUT2D eigenvalue weighted by Crippen LogP contribution is -1.97. The minimum atomic E-state index is 0.553. The summed E-state index contributed by atoms with van der Waals surface area (Å²) < 4.78 is 8.43. The Balaban J connectivity index is 2.52. The van der Waals surface area contributed by atoms with Crippen LogP contribution in [-0.2, 0) is 6.54 Å². The molecule has 0 aliphatic rings. The number of furan rings is 1. The molecular weight excluding hydrogens is 278 g/mol. The lowest BCUT2D eigenvalue weighted by atomic mass is 10.4. The molecule has 0 aromatic carbocycles. The molecule has 15 heavy (non-hydrogen) atoms. The topological polar surface area (TPSA) is 46.8 Å². The van der Waals surface area contributed by atoms with Gasteiger partial charge in [0.2, 0.25) is 0 Å². The number of rotatable bonds is 3. The van der Waals surface area contributed by atoms with E-state index in [0.717, 1.165) is 0 Å². The summed E-state index contributed by atoms with van der Waals surface area (Å²) in [6.07, 6.45) is 1.76. The van der Waals surface area contributed by atoms with Gasteiger partial charge in [-0.1, -0.05) is 6.08 Å². The number of aromatic amines is 1. The van der Waals surface area contributed by atoms with Gasteiger partial charge in [-0.2, -0.15) is 5.10 Å². The average molecular weight is 286 g/mol. The summed E-state index contributed by atoms with van der Waals surface area (Å²) in [4.78, 5) is 0. The minimum Gasteiger partial charge on any atom is -0.446 e. The molecule has 78 valence electrons. The fraction of sp³-hybridized carbons (Fsp3) is 0.111. The van der Waals surface area contributed by atoms with Gasteiger partial charge in [0.05, 0.1) is 0 Å². The van der Waals surface area contributed by atoms with E-state index in [1.807, 2.05) is 16.7 Å². The second-order valence-electron chi connectivity index (χ2n) is 2.86. The number of nitrogens with zero attached hydrogens (tertiary/aromatic N) is 2. The highest BCUT2D eigenvalue weighted by Gasteiger charge is 2.11. The van der Waals surface area contributed by atoms with Crippen LogP contribution in [0.3, 0.4) is 0 Å². The molecule has 0 spiro atoms. The maximum absolute atomic E-state index is 5.40. The highest BCUT2D eigenvalue weighted by molar-refractivity contribution is 9.10. The molecule has 0 bridgehead atoms. The summed E-state index contributed by atoms with van der Waals surface area (Å²) in [5.41, 5.74) is 0. The highest BCUT2D eigenvalue weighted by Crippen LogP contribution is 2.23. The lowest BCUT2D eigenvalue weighted by Gasteiger charge is -1.99. The summed E-state index contributed by atoms with van der Waals surface area (Å²) in [5, 5.41) is 6.82. The molecule has 0 unspecified atom stereocenters. The van der Waals surface area contributed by atoms with Gasteiger partial charge >= 0.3 is 0 Å². The van der Waals surface area contributed by atoms with Gasteiger partial charge < -0.3 is 4.42 Å². The molecule has 0 amide bonds. The third kappa shape index (κ3) is 1.95. The van der Waals surface area contributed by atoms with Gasteiger partial charge in [0, 0.05) is 6.54 Å². The van der Waals surface area contributed by atoms with Crippen LogP contribution in [0.25, 0.3) is 11.6 Å². The van der Waals surface area contributed by atoms with Gasteiger partial charge in [0.25, 0.3) is 0 Å². The van der Waals surface area contributed by atoms with Crippen LogP contribution in [0.4, 0.5) is 0 Å². The second kappa shape index (κ2) is 4.16. The van der Waals surface area contributed by atoms with Crippen LogP contribution in [0, 0.1) is 4.77 Å². The van der Waals surface area contributed by atoms with E-state index in [0.29, 0.717) is 27.6 Å². The largest absolute Gasteiger partial charge is 0.446 e. The van der Waals surface area contributed by atoms with Crippen LogP contribution in [0.1, 0.15) is 0 Å². The monoisotopic (exact) mass is 285 g/mol. The number of aromatic nitrogens is 3. The Hall–Kier alpha value is -1.14. The van der Waals surface area contributed by atoms with E-state index in [9.17, 15) is 0 Å². The van der Waals surface area contributed by atoms with Crippen LogP contribution in [-0.4, -0.2) is 14.8 Å². The molecule has 2 rings (SSSR count). The summed E-state index contributed by atoms with van der Waals surface area (Å²) in [5.74, 6) is 1.33. The van der Waals surface area contributed by atoms with Crippen molar-refractivity contribution in [3.8, 4) is 11.6 Å². The Labute approximate surface area is 99.7 Å². The summed E-state index contributed by atoms with van der Waals surface area (Å²) >= 11 is 8.33. The molecular formula is C9H8BrN3OS. The van der Waals surface area contributed by atoms with Crippen molar-refractivity contribution < 1.29 is 4.42 Å². The molecule has 2 heterocycles. The van der Waals surface area contributed by atoms with E-state index in [1.165, 1.54) is 0 Å². The maximum atomic E-state index is 5.40. The number of allylic oxidation sites excluding steroid dienone is 1. The fourth-order valence-electron chi connectivity index (χ4n) is 1.24. The van der Waals surface area contributed by atoms with Crippen LogP contribution in [0.2, 0.25) is 0 Å². The van der Waals surface area contributed by atoms with Crippen molar-refractivity contribution >= 4 is 28.1 Å². The standard InChI is InChI=1S/C9H8BrN3OS/c1-2-5-13-8(11-12-9(13)15)6-3-4-7(10)14-6/h2-4H,1,5H2,(H,12,15). The SMILES string of the molecule is C=CCn1c(-c2ccc(Br)o2)n[nH]c1=S. The van der Waals surface area contributed by atoms with Crippen LogP contribution < -0.4 is 0 Å². The number of nitrogens with one attached hydrogen (secondary N) is 1. The Bertz CT molecular complexity index is 540. The Morgan fingerprint density at radius 2 is 2.47 bits per heavy atom. The molecule has 6 heteroatoms. The van der Waals surface area contributed by atoms with Gasteiger partial charge in [0.1, 0.15) is 0 Å². The summed E-state index contributed by atoms with van der Waals surface area (Å²) in [7, 11) is 0. The molecule has 0 fully saturated rings. The molecule has 0 aliphatic carbocycles. The third-order valence-electron chi connectivity index (χ3n) is 1.86. The number of hydrogen-bond donors (Lipinski definition) is 1. The third-order valence-corrected chi connectivity index (χ3v) is 2.60. The number of hydrogen-bond acceptors (Lipinski definition) is 3. The van der Waals surface area contributed by atoms with Crippen molar-refractivity contribution in [3.63, 3.8) is 0 Å². The molecule has 0 atom stereocenters. The maximum Gasteiger partial charge on any atom is 0.198 e. The van der Waals surface area contributed by atoms with Crippen molar-refractivity contribution in [2.75, 3.05) is 0 Å². The van der Waals surface area contributed by atoms with Crippen molar-refractivity contribution in [1.29, 1.82) is 0 Å². The van der Waals surface area contributed by atoms with E-state index < -0.39 is 0 Å². The summed E-state index contributed by atoms with van der Waals surface area (Å²) in [6, 6.07) is 3.64. The molecule has 0 aliphatic heterocycles. The molecule has 2 aromatic rings. The zero-order chi connectivity index (χ0) is 10.8. The predicted molar refractivity (Wildman–Crippen MR) is 63.0 cm³/mol. The fourth-order valence-corrected chi connectivity index (χ4v) is 1.75. The smallest absolute Gasteiger partial charge is 0.198 e. The molecule has 0 radical (unpaired) electrons. The van der Waals surface area contributed by atoms with E-state index in [4.69, 9.17) is 16.6 Å². The Morgan fingerprint density at radius 1 is 1.67 bits per heavy atom. The Kier molecular flexibility index (Phi) is 2.88. The van der Waals surface area contributed by atoms with Crippen LogP contribution in [0.5, 0.6) is 0 Å². The van der Waals surface area contributed by atoms with Crippen LogP contribution in [0.15, 0.2) is 33.9 Å². The van der Waals surface area contributed by atoms with Gasteiger partial charge in [-0.25, -0.2) is 0 Å². The second-order valence-corrected chi connectivity index (χ2v) is 4.02. The van der Waals surface area contributed by atoms with Crippen molar-refractivity contribution in [2.24, 2.45) is 0 Å². The molecule has 4 nitrogen and oxygen atoms in total. The number of halogens is 1. The van der Waals surface area contributed by atoms with Crippen molar-refractivity contribution in [3.05, 3.63) is 34.2 Å². The highest BCUT2D eigenvalue weighted by atomic mass is 79.9. The zero-order valence-corrected chi connectivity index (χ0v) is 10.1. The van der Waals surface area contributed by atoms with Gasteiger partial charge in [-0.05, 0) is 40.3 Å². The van der Waals surface area contributed by atoms with Crippen molar-refractivity contribution in [2.45, 2.75) is 6.54 Å². The number of H-pyrrole nitrogens is 1. The van der Waals surface area contributed by atoms with E-state index in [2.05, 4.69) is 32.7 Å². The van der Waals surface area contributed by atoms with Crippen LogP contribution >= 0.6 is 28.1 Å². The lowest BCUT2D eigenvalue weighted by molar-refractivity contribution is 0.547. The molecule has 2 aromatic heterocycles. The normalized spacial score (nSPS) is 10.5. The molecule has 1 N–H and O–H groups in total. The van der Waals surface area contributed by atoms with Gasteiger partial charge in [-0.3, -0.25) is 9.67 Å². The van der Waals surface area contributed by atoms with E-state index in [-0.39, 0.29) is 0 Å². The first kappa shape index (κ1) is 10.4. The predicted octanol–water partition coefficient (Wildman–Crippen LogP) is 3.15. The van der Waals surface area contributed by atoms with Crippen molar-refractivity contribution in [1.82, 2.24) is 14.8 Å². The average Bonchev–Trinajstić information content (AvgIpc) is 2.76. The molecule has 0 saturated carbocycles. The Morgan fingerprint density at radius 3 is 3.07 bits per heavy atom. The van der Waals surface area contributed by atoms with E-state index >= 15 is 0 Å². The first-order valence-corrected chi connectivity index (χ1v) is 5.44. The quantitative estimate of drug-likeness (QED) is 0.696. The zero-order valence-electron chi connectivity index (χ0n) is 7.74. The summed E-state index contributed by atoms with van der Waals surface area (Å²) in [6.45, 7) is 4.27. The van der Waals surface area contributed by atoms with Gasteiger partial charge in [0.15, 0.2) is 21.0 Å².